The summed E-state index contributed by atoms with van der Waals surface area (Å²) in [5, 5.41) is 7.20. The molecule has 2 fully saturated rings. The van der Waals surface area contributed by atoms with Crippen LogP contribution in [0.1, 0.15) is 40.0 Å². The monoisotopic (exact) mass is 210 g/mol. The molecule has 0 aromatic rings. The number of hydrogen-bond donors (Lipinski definition) is 2. The Balaban J connectivity index is 2.14. The summed E-state index contributed by atoms with van der Waals surface area (Å²) in [5.74, 6) is 0.778. The van der Waals surface area contributed by atoms with E-state index in [1.807, 2.05) is 0 Å². The van der Waals surface area contributed by atoms with Crippen LogP contribution in [0.3, 0.4) is 0 Å². The first-order valence-corrected chi connectivity index (χ1v) is 6.48. The van der Waals surface area contributed by atoms with Gasteiger partial charge in [0.1, 0.15) is 0 Å². The van der Waals surface area contributed by atoms with Crippen molar-refractivity contribution in [2.24, 2.45) is 16.7 Å². The van der Waals surface area contributed by atoms with Crippen LogP contribution in [0, 0.1) is 16.7 Å². The van der Waals surface area contributed by atoms with E-state index in [2.05, 4.69) is 31.4 Å². The van der Waals surface area contributed by atoms with Crippen molar-refractivity contribution >= 4 is 0 Å². The smallest absolute Gasteiger partial charge is 0.000898 e. The minimum absolute atomic E-state index is 0.489. The molecule has 0 bridgehead atoms. The molecular weight excluding hydrogens is 184 g/mol. The van der Waals surface area contributed by atoms with E-state index >= 15 is 0 Å². The molecule has 88 valence electrons. The van der Waals surface area contributed by atoms with Gasteiger partial charge >= 0.3 is 0 Å². The molecule has 0 aromatic carbocycles. The molecule has 2 saturated heterocycles. The zero-order valence-electron chi connectivity index (χ0n) is 10.5. The van der Waals surface area contributed by atoms with Crippen molar-refractivity contribution in [2.75, 3.05) is 26.2 Å². The Morgan fingerprint density at radius 1 is 1.00 bits per heavy atom. The third-order valence-corrected chi connectivity index (χ3v) is 4.87. The van der Waals surface area contributed by atoms with Crippen molar-refractivity contribution in [1.82, 2.24) is 10.6 Å². The molecule has 2 N–H and O–H groups in total. The van der Waals surface area contributed by atoms with E-state index in [4.69, 9.17) is 0 Å². The molecule has 2 nitrogen and oxygen atoms in total. The molecule has 2 unspecified atom stereocenters. The minimum Gasteiger partial charge on any atom is -0.316 e. The number of nitrogens with one attached hydrogen (secondary N) is 2. The van der Waals surface area contributed by atoms with E-state index in [0.29, 0.717) is 10.8 Å². The standard InChI is InChI=1S/C13H26N2/c1-11(2)12(3)8-13(4-6-14-9-12)5-7-15-10-13/h11,14-15H,4-10H2,1-3H3. The maximum absolute atomic E-state index is 3.64. The van der Waals surface area contributed by atoms with Crippen LogP contribution in [-0.2, 0) is 0 Å². The van der Waals surface area contributed by atoms with Crippen LogP contribution in [-0.4, -0.2) is 26.2 Å². The zero-order chi connectivity index (χ0) is 10.9. The minimum atomic E-state index is 0.489. The summed E-state index contributed by atoms with van der Waals surface area (Å²) < 4.78 is 0. The second-order valence-electron chi connectivity index (χ2n) is 6.34. The lowest BCUT2D eigenvalue weighted by molar-refractivity contribution is 0.125. The van der Waals surface area contributed by atoms with Crippen molar-refractivity contribution in [3.63, 3.8) is 0 Å². The number of hydrogen-bond acceptors (Lipinski definition) is 2. The van der Waals surface area contributed by atoms with Gasteiger partial charge in [-0.15, -0.1) is 0 Å². The van der Waals surface area contributed by atoms with Gasteiger partial charge in [0.25, 0.3) is 0 Å². The van der Waals surface area contributed by atoms with Gasteiger partial charge in [0.05, 0.1) is 0 Å². The SMILES string of the molecule is CC(C)C1(C)CNCCC2(CCNC2)C1. The first-order valence-electron chi connectivity index (χ1n) is 6.48. The van der Waals surface area contributed by atoms with Gasteiger partial charge in [-0.3, -0.25) is 0 Å². The van der Waals surface area contributed by atoms with E-state index in [1.165, 1.54) is 45.4 Å². The van der Waals surface area contributed by atoms with E-state index in [0.717, 1.165) is 5.92 Å². The lowest BCUT2D eigenvalue weighted by atomic mass is 9.66. The lowest BCUT2D eigenvalue weighted by Gasteiger charge is -2.39. The highest BCUT2D eigenvalue weighted by Gasteiger charge is 2.43. The highest BCUT2D eigenvalue weighted by atomic mass is 15.0. The van der Waals surface area contributed by atoms with Gasteiger partial charge in [-0.2, -0.15) is 0 Å². The highest BCUT2D eigenvalue weighted by Crippen LogP contribution is 2.45. The molecule has 0 aromatic heterocycles. The van der Waals surface area contributed by atoms with Gasteiger partial charge in [-0.25, -0.2) is 0 Å². The molecule has 2 rings (SSSR count). The summed E-state index contributed by atoms with van der Waals surface area (Å²) in [4.78, 5) is 0. The van der Waals surface area contributed by atoms with Crippen LogP contribution in [0.4, 0.5) is 0 Å². The Kier molecular flexibility index (Phi) is 3.09. The van der Waals surface area contributed by atoms with E-state index in [1.54, 1.807) is 0 Å². The van der Waals surface area contributed by atoms with Crippen molar-refractivity contribution in [2.45, 2.75) is 40.0 Å². The third-order valence-electron chi connectivity index (χ3n) is 4.87. The first-order chi connectivity index (χ1) is 7.06. The van der Waals surface area contributed by atoms with Crippen molar-refractivity contribution in [3.8, 4) is 0 Å². The molecule has 2 aliphatic rings. The Morgan fingerprint density at radius 2 is 1.60 bits per heavy atom. The van der Waals surface area contributed by atoms with E-state index in [9.17, 15) is 0 Å². The van der Waals surface area contributed by atoms with E-state index in [-0.39, 0.29) is 0 Å². The van der Waals surface area contributed by atoms with Gasteiger partial charge < -0.3 is 10.6 Å². The summed E-state index contributed by atoms with van der Waals surface area (Å²) in [6.45, 7) is 12.1. The largest absolute Gasteiger partial charge is 0.316 e. The van der Waals surface area contributed by atoms with Gasteiger partial charge in [0.2, 0.25) is 0 Å². The van der Waals surface area contributed by atoms with Crippen LogP contribution in [0.25, 0.3) is 0 Å². The Morgan fingerprint density at radius 3 is 2.13 bits per heavy atom. The van der Waals surface area contributed by atoms with Gasteiger partial charge in [0.15, 0.2) is 0 Å². The lowest BCUT2D eigenvalue weighted by Crippen LogP contribution is -2.37. The van der Waals surface area contributed by atoms with Crippen LogP contribution >= 0.6 is 0 Å². The van der Waals surface area contributed by atoms with Gasteiger partial charge in [-0.05, 0) is 49.1 Å². The summed E-state index contributed by atoms with van der Waals surface area (Å²) >= 11 is 0. The highest BCUT2D eigenvalue weighted by molar-refractivity contribution is 4.97. The molecule has 2 atom stereocenters. The molecule has 0 amide bonds. The maximum Gasteiger partial charge on any atom is 0.000898 e. The predicted octanol–water partition coefficient (Wildman–Crippen LogP) is 2.01. The van der Waals surface area contributed by atoms with Crippen molar-refractivity contribution < 1.29 is 0 Å². The maximum atomic E-state index is 3.64. The van der Waals surface area contributed by atoms with E-state index < -0.39 is 0 Å². The average molecular weight is 210 g/mol. The molecule has 2 aliphatic heterocycles. The Bertz CT molecular complexity index is 213. The van der Waals surface area contributed by atoms with Crippen LogP contribution in [0.15, 0.2) is 0 Å². The fraction of sp³-hybridized carbons (Fsp3) is 1.00. The summed E-state index contributed by atoms with van der Waals surface area (Å²) in [6, 6.07) is 0. The Hall–Kier alpha value is -0.0800. The molecule has 2 heteroatoms. The van der Waals surface area contributed by atoms with Crippen LogP contribution in [0.2, 0.25) is 0 Å². The molecule has 0 aliphatic carbocycles. The summed E-state index contributed by atoms with van der Waals surface area (Å²) in [6.07, 6.45) is 4.15. The molecular formula is C13H26N2. The molecule has 1 spiro atoms. The van der Waals surface area contributed by atoms with Crippen LogP contribution < -0.4 is 10.6 Å². The van der Waals surface area contributed by atoms with Crippen molar-refractivity contribution in [3.05, 3.63) is 0 Å². The van der Waals surface area contributed by atoms with Gasteiger partial charge in [0, 0.05) is 13.1 Å². The molecule has 0 saturated carbocycles. The van der Waals surface area contributed by atoms with Crippen LogP contribution in [0.5, 0.6) is 0 Å². The molecule has 0 radical (unpaired) electrons. The normalized spacial score (nSPS) is 42.4. The number of rotatable bonds is 1. The summed E-state index contributed by atoms with van der Waals surface area (Å²) in [7, 11) is 0. The third kappa shape index (κ3) is 2.21. The molecule has 15 heavy (non-hydrogen) atoms. The Labute approximate surface area is 94.2 Å². The first kappa shape index (κ1) is 11.4. The summed E-state index contributed by atoms with van der Waals surface area (Å²) in [5.41, 5.74) is 1.09. The van der Waals surface area contributed by atoms with Crippen molar-refractivity contribution in [1.29, 1.82) is 0 Å². The predicted molar refractivity (Wildman–Crippen MR) is 65.0 cm³/mol. The topological polar surface area (TPSA) is 24.1 Å². The second-order valence-corrected chi connectivity index (χ2v) is 6.34. The quantitative estimate of drug-likeness (QED) is 0.692. The second kappa shape index (κ2) is 4.06. The zero-order valence-corrected chi connectivity index (χ0v) is 10.5. The average Bonchev–Trinajstić information content (AvgIpc) is 2.53. The fourth-order valence-electron chi connectivity index (χ4n) is 3.30. The fourth-order valence-corrected chi connectivity index (χ4v) is 3.30. The van der Waals surface area contributed by atoms with Gasteiger partial charge in [-0.1, -0.05) is 20.8 Å². The molecule has 2 heterocycles.